The van der Waals surface area contributed by atoms with Crippen LogP contribution >= 0.6 is 0 Å². The molecule has 7 nitrogen and oxygen atoms in total. The molecule has 0 N–H and O–H groups in total. The number of sulfone groups is 2. The molecule has 2 aromatic rings. The maximum absolute atomic E-state index is 12.8. The average Bonchev–Trinajstić information content (AvgIpc) is 2.83. The van der Waals surface area contributed by atoms with Gasteiger partial charge in [-0.1, -0.05) is 49.6 Å². The fourth-order valence-electron chi connectivity index (χ4n) is 3.02. The summed E-state index contributed by atoms with van der Waals surface area (Å²) in [5.74, 6) is 0. The molecular formula is C24H25NO6S2. The van der Waals surface area contributed by atoms with Crippen molar-refractivity contribution in [1.29, 1.82) is 0 Å². The van der Waals surface area contributed by atoms with Crippen LogP contribution in [0.4, 0.5) is 4.79 Å². The molecule has 2 rings (SSSR count). The molecule has 1 amide bonds. The van der Waals surface area contributed by atoms with E-state index in [-0.39, 0.29) is 45.5 Å². The summed E-state index contributed by atoms with van der Waals surface area (Å²) in [6, 6.07) is 15.6. The highest BCUT2D eigenvalue weighted by atomic mass is 32.2. The van der Waals surface area contributed by atoms with E-state index >= 15 is 0 Å². The molecule has 0 aliphatic carbocycles. The first-order valence-corrected chi connectivity index (χ1v) is 12.9. The van der Waals surface area contributed by atoms with E-state index in [9.17, 15) is 21.6 Å². The third-order valence-corrected chi connectivity index (χ3v) is 8.58. The molecule has 0 saturated carbocycles. The second-order valence-electron chi connectivity index (χ2n) is 6.79. The van der Waals surface area contributed by atoms with Crippen LogP contribution in [0, 0.1) is 0 Å². The summed E-state index contributed by atoms with van der Waals surface area (Å²) in [6.07, 6.45) is -0.876. The predicted molar refractivity (Wildman–Crippen MR) is 126 cm³/mol. The van der Waals surface area contributed by atoms with Gasteiger partial charge in [0.1, 0.15) is 0 Å². The first-order valence-electron chi connectivity index (χ1n) is 9.89. The van der Waals surface area contributed by atoms with Gasteiger partial charge in [-0.2, -0.15) is 0 Å². The topological polar surface area (TPSA) is 97.8 Å². The molecule has 0 aliphatic heterocycles. The molecule has 0 heterocycles. The highest BCUT2D eigenvalue weighted by Gasteiger charge is 2.25. The molecule has 174 valence electrons. The highest BCUT2D eigenvalue weighted by molar-refractivity contribution is 7.95. The number of amides is 1. The summed E-state index contributed by atoms with van der Waals surface area (Å²) in [7, 11) is -6.48. The monoisotopic (exact) mass is 487 g/mol. The Morgan fingerprint density at radius 1 is 0.788 bits per heavy atom. The lowest BCUT2D eigenvalue weighted by atomic mass is 10.3. The number of hydrogen-bond donors (Lipinski definition) is 0. The van der Waals surface area contributed by atoms with Crippen molar-refractivity contribution in [2.45, 2.75) is 22.6 Å². The molecule has 0 unspecified atom stereocenters. The van der Waals surface area contributed by atoms with Crippen LogP contribution in [0.25, 0.3) is 0 Å². The van der Waals surface area contributed by atoms with Gasteiger partial charge >= 0.3 is 6.09 Å². The number of ether oxygens (including phenoxy) is 1. The third kappa shape index (κ3) is 6.34. The molecule has 0 spiro atoms. The Kier molecular flexibility index (Phi) is 9.02. The van der Waals surface area contributed by atoms with Crippen molar-refractivity contribution >= 4 is 25.8 Å². The van der Waals surface area contributed by atoms with Crippen LogP contribution < -0.4 is 0 Å². The first kappa shape index (κ1) is 25.9. The average molecular weight is 488 g/mol. The standard InChI is InChI=1S/C24H25NO6S2/c1-4-20(32(27,28)22-12-8-6-9-13-22)16-18-25(24(26)31-3)19-17-21(5-2)33(29,30)23-14-10-7-11-15-23/h6-15H,1-2,16-19H2,3H3. The number of rotatable bonds is 10. The van der Waals surface area contributed by atoms with Crippen LogP contribution in [0.5, 0.6) is 0 Å². The molecule has 0 fully saturated rings. The molecule has 0 bridgehead atoms. The Morgan fingerprint density at radius 2 is 1.15 bits per heavy atom. The van der Waals surface area contributed by atoms with Crippen molar-refractivity contribution in [1.82, 2.24) is 4.90 Å². The summed E-state index contributed by atoms with van der Waals surface area (Å²) >= 11 is 0. The Labute approximate surface area is 194 Å². The highest BCUT2D eigenvalue weighted by Crippen LogP contribution is 2.23. The molecular weight excluding hydrogens is 462 g/mol. The summed E-state index contributed by atoms with van der Waals surface area (Å²) in [4.78, 5) is 13.5. The molecule has 0 aromatic heterocycles. The van der Waals surface area contributed by atoms with Gasteiger partial charge in [0.15, 0.2) is 0 Å². The lowest BCUT2D eigenvalue weighted by molar-refractivity contribution is 0.124. The van der Waals surface area contributed by atoms with E-state index in [2.05, 4.69) is 24.6 Å². The van der Waals surface area contributed by atoms with Gasteiger partial charge in [-0.05, 0) is 24.3 Å². The van der Waals surface area contributed by atoms with Gasteiger partial charge in [-0.25, -0.2) is 21.6 Å². The third-order valence-electron chi connectivity index (χ3n) is 4.80. The van der Waals surface area contributed by atoms with Gasteiger partial charge in [-0.15, -0.1) is 11.5 Å². The van der Waals surface area contributed by atoms with E-state index in [1.165, 1.54) is 36.3 Å². The minimum Gasteiger partial charge on any atom is -0.453 e. The SMILES string of the molecule is C=C=C(CCN(CCC(=C=C)S(=O)(=O)c1ccccc1)C(=O)OC)S(=O)(=O)c1ccccc1. The Morgan fingerprint density at radius 3 is 1.45 bits per heavy atom. The first-order chi connectivity index (χ1) is 15.7. The van der Waals surface area contributed by atoms with Crippen LogP contribution in [-0.2, 0) is 24.4 Å². The fraction of sp³-hybridized carbons (Fsp3) is 0.208. The Bertz CT molecular complexity index is 1190. The number of methoxy groups -OCH3 is 1. The predicted octanol–water partition coefficient (Wildman–Crippen LogP) is 4.12. The molecule has 0 radical (unpaired) electrons. The van der Waals surface area contributed by atoms with Crippen LogP contribution in [-0.4, -0.2) is 48.0 Å². The fourth-order valence-corrected chi connectivity index (χ4v) is 5.72. The second-order valence-corrected chi connectivity index (χ2v) is 10.7. The van der Waals surface area contributed by atoms with Crippen LogP contribution in [0.2, 0.25) is 0 Å². The normalized spacial score (nSPS) is 11.1. The second kappa shape index (κ2) is 11.5. The minimum absolute atomic E-state index is 0.0492. The lowest BCUT2D eigenvalue weighted by Gasteiger charge is -2.22. The maximum atomic E-state index is 12.8. The zero-order valence-corrected chi connectivity index (χ0v) is 19.9. The number of benzene rings is 2. The van der Waals surface area contributed by atoms with Crippen molar-refractivity contribution in [3.63, 3.8) is 0 Å². The van der Waals surface area contributed by atoms with E-state index in [1.807, 2.05) is 0 Å². The summed E-state index contributed by atoms with van der Waals surface area (Å²) in [6.45, 7) is 6.84. The quantitative estimate of drug-likeness (QED) is 0.468. The number of nitrogens with zero attached hydrogens (tertiary/aromatic N) is 1. The molecule has 0 aliphatic rings. The Balaban J connectivity index is 2.18. The molecule has 0 atom stereocenters. The van der Waals surface area contributed by atoms with Gasteiger partial charge in [0, 0.05) is 25.9 Å². The smallest absolute Gasteiger partial charge is 0.409 e. The summed E-state index contributed by atoms with van der Waals surface area (Å²) < 4.78 is 56.1. The number of carbonyl (C=O) groups excluding carboxylic acids is 1. The largest absolute Gasteiger partial charge is 0.453 e. The van der Waals surface area contributed by atoms with E-state index in [0.29, 0.717) is 0 Å². The molecule has 9 heteroatoms. The number of carbonyl (C=O) groups is 1. The van der Waals surface area contributed by atoms with Crippen molar-refractivity contribution in [3.8, 4) is 0 Å². The zero-order chi connectivity index (χ0) is 24.5. The zero-order valence-electron chi connectivity index (χ0n) is 18.2. The van der Waals surface area contributed by atoms with Gasteiger partial charge in [-0.3, -0.25) is 0 Å². The molecule has 0 saturated heterocycles. The van der Waals surface area contributed by atoms with Gasteiger partial charge in [0.2, 0.25) is 19.7 Å². The van der Waals surface area contributed by atoms with Crippen molar-refractivity contribution in [2.75, 3.05) is 20.2 Å². The van der Waals surface area contributed by atoms with E-state index in [4.69, 9.17) is 4.74 Å². The van der Waals surface area contributed by atoms with Crippen LogP contribution in [0.3, 0.4) is 0 Å². The van der Waals surface area contributed by atoms with E-state index < -0.39 is 25.8 Å². The maximum Gasteiger partial charge on any atom is 0.409 e. The number of hydrogen-bond acceptors (Lipinski definition) is 6. The van der Waals surface area contributed by atoms with Crippen molar-refractivity contribution in [2.24, 2.45) is 0 Å². The summed E-state index contributed by atoms with van der Waals surface area (Å²) in [5, 5.41) is 0. The molecule has 2 aromatic carbocycles. The minimum atomic E-state index is -3.83. The van der Waals surface area contributed by atoms with E-state index in [0.717, 1.165) is 0 Å². The van der Waals surface area contributed by atoms with Crippen molar-refractivity contribution in [3.05, 3.63) is 95.1 Å². The molecule has 33 heavy (non-hydrogen) atoms. The van der Waals surface area contributed by atoms with Crippen LogP contribution in [0.15, 0.2) is 105 Å². The van der Waals surface area contributed by atoms with E-state index in [1.54, 1.807) is 36.4 Å². The van der Waals surface area contributed by atoms with Gasteiger partial charge in [0.25, 0.3) is 0 Å². The van der Waals surface area contributed by atoms with Gasteiger partial charge in [0.05, 0.1) is 26.7 Å². The van der Waals surface area contributed by atoms with Crippen LogP contribution in [0.1, 0.15) is 12.8 Å². The lowest BCUT2D eigenvalue weighted by Crippen LogP contribution is -2.34. The summed E-state index contributed by atoms with van der Waals surface area (Å²) in [5.41, 5.74) is 4.90. The Hall–Kier alpha value is -3.35. The van der Waals surface area contributed by atoms with Crippen molar-refractivity contribution < 1.29 is 26.4 Å². The van der Waals surface area contributed by atoms with Gasteiger partial charge < -0.3 is 9.64 Å².